The lowest BCUT2D eigenvalue weighted by Crippen LogP contribution is -2.32. The summed E-state index contributed by atoms with van der Waals surface area (Å²) in [6, 6.07) is 12.8. The van der Waals surface area contributed by atoms with Gasteiger partial charge in [-0.05, 0) is 78.7 Å². The monoisotopic (exact) mass is 474 g/mol. The van der Waals surface area contributed by atoms with Crippen molar-refractivity contribution in [3.05, 3.63) is 64.7 Å². The molecule has 0 aromatic heterocycles. The first-order valence-electron chi connectivity index (χ1n) is 13.1. The van der Waals surface area contributed by atoms with E-state index in [1.807, 2.05) is 18.2 Å². The van der Waals surface area contributed by atoms with Crippen molar-refractivity contribution in [2.45, 2.75) is 63.4 Å². The Balaban J connectivity index is 1.24. The van der Waals surface area contributed by atoms with Crippen LogP contribution in [-0.4, -0.2) is 32.9 Å². The second-order valence-corrected chi connectivity index (χ2v) is 10.4. The van der Waals surface area contributed by atoms with Gasteiger partial charge in [0.2, 0.25) is 0 Å². The Morgan fingerprint density at radius 2 is 2.00 bits per heavy atom. The summed E-state index contributed by atoms with van der Waals surface area (Å²) in [5, 5.41) is 0. The number of methoxy groups -OCH3 is 1. The number of hydrogen-bond donors (Lipinski definition) is 0. The van der Waals surface area contributed by atoms with Crippen LogP contribution >= 0.6 is 0 Å². The third-order valence-electron chi connectivity index (χ3n) is 8.52. The van der Waals surface area contributed by atoms with Gasteiger partial charge >= 0.3 is 5.97 Å². The van der Waals surface area contributed by atoms with Crippen molar-refractivity contribution in [1.82, 2.24) is 0 Å². The third kappa shape index (κ3) is 4.14. The number of benzene rings is 2. The summed E-state index contributed by atoms with van der Waals surface area (Å²) in [5.74, 6) is 1.48. The summed E-state index contributed by atoms with van der Waals surface area (Å²) in [6.45, 7) is 2.25. The lowest BCUT2D eigenvalue weighted by Gasteiger charge is -2.42. The minimum Gasteiger partial charge on any atom is -0.492 e. The van der Waals surface area contributed by atoms with Gasteiger partial charge in [0.25, 0.3) is 0 Å². The van der Waals surface area contributed by atoms with Crippen LogP contribution in [0.3, 0.4) is 0 Å². The molecule has 0 bridgehead atoms. The van der Waals surface area contributed by atoms with Crippen molar-refractivity contribution < 1.29 is 23.7 Å². The van der Waals surface area contributed by atoms with Crippen molar-refractivity contribution in [2.75, 3.05) is 26.9 Å². The largest absolute Gasteiger partial charge is 0.492 e. The van der Waals surface area contributed by atoms with Crippen molar-refractivity contribution in [3.8, 4) is 11.5 Å². The highest BCUT2D eigenvalue weighted by molar-refractivity contribution is 5.75. The summed E-state index contributed by atoms with van der Waals surface area (Å²) >= 11 is 0. The van der Waals surface area contributed by atoms with Crippen LogP contribution in [0, 0.1) is 5.41 Å². The molecule has 2 atom stereocenters. The van der Waals surface area contributed by atoms with Gasteiger partial charge in [0, 0.05) is 30.8 Å². The van der Waals surface area contributed by atoms with Crippen LogP contribution in [0.1, 0.15) is 79.2 Å². The van der Waals surface area contributed by atoms with E-state index in [4.69, 9.17) is 18.9 Å². The lowest BCUT2D eigenvalue weighted by atomic mass is 9.65. The molecule has 0 radical (unpaired) electrons. The van der Waals surface area contributed by atoms with Crippen molar-refractivity contribution in [2.24, 2.45) is 5.41 Å². The van der Waals surface area contributed by atoms with E-state index in [2.05, 4.69) is 24.3 Å². The standard InChI is InChI=1S/C30H34O5/c1-32-29(31)17-20-19-34-28-18-21(8-9-22(20)28)35-27-11-10-23-24(5-4-6-25(23)27)26-7-2-3-12-30(26)13-15-33-16-14-30/h4-9,18,20,27H,2-3,10-17,19H2,1H3/t20?,27-/m1/s1. The third-order valence-corrected chi connectivity index (χ3v) is 8.52. The quantitative estimate of drug-likeness (QED) is 0.486. The van der Waals surface area contributed by atoms with Gasteiger partial charge in [-0.2, -0.15) is 0 Å². The normalized spacial score (nSPS) is 24.3. The van der Waals surface area contributed by atoms with E-state index in [0.717, 1.165) is 56.0 Å². The van der Waals surface area contributed by atoms with Crippen LogP contribution in [0.2, 0.25) is 0 Å². The van der Waals surface area contributed by atoms with E-state index in [1.165, 1.54) is 43.1 Å². The molecule has 1 unspecified atom stereocenters. The van der Waals surface area contributed by atoms with Crippen LogP contribution in [0.4, 0.5) is 0 Å². The van der Waals surface area contributed by atoms with Gasteiger partial charge in [0.1, 0.15) is 17.6 Å². The highest BCUT2D eigenvalue weighted by atomic mass is 16.5. The zero-order valence-electron chi connectivity index (χ0n) is 20.5. The first-order chi connectivity index (χ1) is 17.2. The molecule has 2 heterocycles. The molecule has 1 spiro atoms. The number of fused-ring (bicyclic) bond motifs is 2. The first-order valence-corrected chi connectivity index (χ1v) is 13.1. The number of ether oxygens (including phenoxy) is 4. The van der Waals surface area contributed by atoms with Crippen LogP contribution in [0.25, 0.3) is 5.57 Å². The van der Waals surface area contributed by atoms with E-state index in [9.17, 15) is 4.79 Å². The fraction of sp³-hybridized carbons (Fsp3) is 0.500. The Bertz CT molecular complexity index is 1140. The molecule has 2 aromatic rings. The molecule has 0 amide bonds. The molecular formula is C30H34O5. The Kier molecular flexibility index (Phi) is 6.05. The SMILES string of the molecule is COC(=O)CC1COc2cc(O[C@@H]3CCc4c(C5=CCCCC56CCOCC6)cccc43)ccc21. The second kappa shape index (κ2) is 9.34. The van der Waals surface area contributed by atoms with Crippen LogP contribution in [0.5, 0.6) is 11.5 Å². The summed E-state index contributed by atoms with van der Waals surface area (Å²) in [6.07, 6.45) is 10.9. The minimum atomic E-state index is -0.208. The Morgan fingerprint density at radius 3 is 2.86 bits per heavy atom. The zero-order chi connectivity index (χ0) is 23.8. The van der Waals surface area contributed by atoms with Crippen molar-refractivity contribution in [1.29, 1.82) is 0 Å². The number of allylic oxidation sites excluding steroid dienone is 2. The molecule has 2 aliphatic heterocycles. The predicted octanol–water partition coefficient (Wildman–Crippen LogP) is 6.16. The average Bonchev–Trinajstić information content (AvgIpc) is 3.49. The van der Waals surface area contributed by atoms with Gasteiger partial charge in [-0.25, -0.2) is 0 Å². The van der Waals surface area contributed by atoms with Gasteiger partial charge in [0.15, 0.2) is 0 Å². The summed E-state index contributed by atoms with van der Waals surface area (Å²) in [4.78, 5) is 11.7. The van der Waals surface area contributed by atoms with Crippen LogP contribution in [-0.2, 0) is 20.7 Å². The molecule has 5 heteroatoms. The van der Waals surface area contributed by atoms with E-state index < -0.39 is 0 Å². The van der Waals surface area contributed by atoms with Crippen molar-refractivity contribution >= 4 is 11.5 Å². The fourth-order valence-corrected chi connectivity index (χ4v) is 6.65. The molecular weight excluding hydrogens is 440 g/mol. The molecule has 6 rings (SSSR count). The van der Waals surface area contributed by atoms with E-state index in [0.29, 0.717) is 13.0 Å². The van der Waals surface area contributed by atoms with Crippen molar-refractivity contribution in [3.63, 3.8) is 0 Å². The Hall–Kier alpha value is -2.79. The molecule has 0 saturated carbocycles. The van der Waals surface area contributed by atoms with E-state index in [-0.39, 0.29) is 23.4 Å². The summed E-state index contributed by atoms with van der Waals surface area (Å²) in [5.41, 5.74) is 7.13. The Labute approximate surface area is 207 Å². The number of carbonyl (C=O) groups excluding carboxylic acids is 1. The summed E-state index contributed by atoms with van der Waals surface area (Å²) in [7, 11) is 1.43. The maximum Gasteiger partial charge on any atom is 0.306 e. The molecule has 2 aromatic carbocycles. The van der Waals surface area contributed by atoms with Gasteiger partial charge in [-0.1, -0.05) is 30.3 Å². The number of hydrogen-bond acceptors (Lipinski definition) is 5. The minimum absolute atomic E-state index is 0.0440. The van der Waals surface area contributed by atoms with Gasteiger partial charge in [-0.15, -0.1) is 0 Å². The maximum atomic E-state index is 11.7. The number of carbonyl (C=O) groups is 1. The average molecular weight is 475 g/mol. The molecule has 1 fully saturated rings. The molecule has 2 aliphatic carbocycles. The van der Waals surface area contributed by atoms with Crippen LogP contribution < -0.4 is 9.47 Å². The van der Waals surface area contributed by atoms with Gasteiger partial charge < -0.3 is 18.9 Å². The van der Waals surface area contributed by atoms with Gasteiger partial charge in [0.05, 0.1) is 20.1 Å². The highest BCUT2D eigenvalue weighted by Gasteiger charge is 2.40. The molecule has 1 saturated heterocycles. The van der Waals surface area contributed by atoms with E-state index >= 15 is 0 Å². The zero-order valence-corrected chi connectivity index (χ0v) is 20.5. The van der Waals surface area contributed by atoms with Crippen LogP contribution in [0.15, 0.2) is 42.5 Å². The number of rotatable bonds is 5. The molecule has 0 N–H and O–H groups in total. The molecule has 4 aliphatic rings. The molecule has 5 nitrogen and oxygen atoms in total. The lowest BCUT2D eigenvalue weighted by molar-refractivity contribution is -0.141. The first kappa shape index (κ1) is 22.7. The fourth-order valence-electron chi connectivity index (χ4n) is 6.65. The second-order valence-electron chi connectivity index (χ2n) is 10.4. The predicted molar refractivity (Wildman–Crippen MR) is 134 cm³/mol. The topological polar surface area (TPSA) is 54.0 Å². The molecule has 184 valence electrons. The maximum absolute atomic E-state index is 11.7. The number of esters is 1. The highest BCUT2D eigenvalue weighted by Crippen LogP contribution is 2.52. The van der Waals surface area contributed by atoms with Gasteiger partial charge in [-0.3, -0.25) is 4.79 Å². The molecule has 35 heavy (non-hydrogen) atoms. The Morgan fingerprint density at radius 1 is 1.11 bits per heavy atom. The smallest absolute Gasteiger partial charge is 0.306 e. The van der Waals surface area contributed by atoms with E-state index in [1.54, 1.807) is 5.57 Å². The summed E-state index contributed by atoms with van der Waals surface area (Å²) < 4.78 is 23.0.